The van der Waals surface area contributed by atoms with Gasteiger partial charge in [-0.3, -0.25) is 19.3 Å². The van der Waals surface area contributed by atoms with Gasteiger partial charge in [-0.2, -0.15) is 10.2 Å². The van der Waals surface area contributed by atoms with Gasteiger partial charge in [-0.05, 0) is 32.8 Å². The fourth-order valence-electron chi connectivity index (χ4n) is 3.52. The molecule has 3 rings (SSSR count). The van der Waals surface area contributed by atoms with Crippen molar-refractivity contribution in [2.45, 2.75) is 63.9 Å². The van der Waals surface area contributed by atoms with Gasteiger partial charge in [-0.1, -0.05) is 0 Å². The lowest BCUT2D eigenvalue weighted by atomic mass is 10.0. The van der Waals surface area contributed by atoms with E-state index < -0.39 is 43.2 Å². The predicted octanol–water partition coefficient (Wildman–Crippen LogP) is 3.15. The Balaban J connectivity index is 1.59. The van der Waals surface area contributed by atoms with Crippen LogP contribution >= 0.6 is 0 Å². The first-order valence-corrected chi connectivity index (χ1v) is 10.1. The number of ether oxygens (including phenoxy) is 2. The van der Waals surface area contributed by atoms with Gasteiger partial charge in [0.15, 0.2) is 5.82 Å². The van der Waals surface area contributed by atoms with E-state index in [1.54, 1.807) is 13.8 Å². The van der Waals surface area contributed by atoms with Crippen LogP contribution < -0.4 is 10.6 Å². The number of aryl methyl sites for hydroxylation is 1. The number of alkyl halides is 4. The molecule has 182 valence electrons. The summed E-state index contributed by atoms with van der Waals surface area (Å²) in [5, 5.41) is 15.5. The van der Waals surface area contributed by atoms with E-state index in [-0.39, 0.29) is 23.2 Å². The molecular weight excluding hydrogens is 452 g/mol. The zero-order valence-electron chi connectivity index (χ0n) is 18.1. The molecule has 1 aliphatic carbocycles. The number of nitrogens with one attached hydrogen (secondary N) is 3. The van der Waals surface area contributed by atoms with Crippen LogP contribution in [0.5, 0.6) is 0 Å². The van der Waals surface area contributed by atoms with Gasteiger partial charge in [-0.15, -0.1) is 13.2 Å². The molecule has 0 radical (unpaired) electrons. The number of nitrogens with zero attached hydrogens (tertiary/aromatic N) is 3. The van der Waals surface area contributed by atoms with E-state index in [9.17, 15) is 27.2 Å². The van der Waals surface area contributed by atoms with Crippen molar-refractivity contribution < 1.29 is 36.6 Å². The van der Waals surface area contributed by atoms with Gasteiger partial charge in [0.05, 0.1) is 5.69 Å². The Morgan fingerprint density at radius 1 is 1.30 bits per heavy atom. The average molecular weight is 476 g/mol. The summed E-state index contributed by atoms with van der Waals surface area (Å²) in [4.78, 5) is 24.2. The molecular formula is C19H24F4N6O4. The van der Waals surface area contributed by atoms with Crippen molar-refractivity contribution in [1.29, 1.82) is 0 Å². The summed E-state index contributed by atoms with van der Waals surface area (Å²) in [5.74, 6) is -1.18. The lowest BCUT2D eigenvalue weighted by Crippen LogP contribution is -2.36. The second-order valence-electron chi connectivity index (χ2n) is 7.91. The summed E-state index contributed by atoms with van der Waals surface area (Å²) in [6, 6.07) is 2.47. The molecule has 14 heteroatoms. The van der Waals surface area contributed by atoms with Crippen molar-refractivity contribution in [2.24, 2.45) is 7.05 Å². The number of halogens is 4. The van der Waals surface area contributed by atoms with Crippen LogP contribution in [0.25, 0.3) is 0 Å². The largest absolute Gasteiger partial charge is 0.522 e. The summed E-state index contributed by atoms with van der Waals surface area (Å²) in [7, 11) is 1.39. The second-order valence-corrected chi connectivity index (χ2v) is 7.91. The minimum atomic E-state index is -4.82. The topological polar surface area (TPSA) is 123 Å². The lowest BCUT2D eigenvalue weighted by molar-refractivity contribution is -0.330. The molecule has 0 bridgehead atoms. The average Bonchev–Trinajstić information content (AvgIpc) is 3.39. The molecule has 3 atom stereocenters. The Morgan fingerprint density at radius 2 is 2.03 bits per heavy atom. The van der Waals surface area contributed by atoms with E-state index in [0.717, 1.165) is 10.7 Å². The van der Waals surface area contributed by atoms with Gasteiger partial charge < -0.3 is 15.4 Å². The molecule has 0 spiro atoms. The first-order valence-electron chi connectivity index (χ1n) is 10.1. The third-order valence-electron chi connectivity index (χ3n) is 4.95. The Bertz CT molecular complexity index is 989. The zero-order chi connectivity index (χ0) is 24.3. The van der Waals surface area contributed by atoms with E-state index in [4.69, 9.17) is 4.74 Å². The molecule has 3 N–H and O–H groups in total. The maximum absolute atomic E-state index is 14.8. The predicted molar refractivity (Wildman–Crippen MR) is 106 cm³/mol. The smallest absolute Gasteiger partial charge is 0.443 e. The summed E-state index contributed by atoms with van der Waals surface area (Å²) < 4.78 is 61.4. The van der Waals surface area contributed by atoms with E-state index in [2.05, 4.69) is 30.7 Å². The van der Waals surface area contributed by atoms with E-state index >= 15 is 0 Å². The number of alkyl carbamates (subject to hydrolysis) is 1. The highest BCUT2D eigenvalue weighted by atomic mass is 19.4. The Kier molecular flexibility index (Phi) is 7.25. The number of anilines is 1. The molecule has 1 saturated carbocycles. The molecule has 1 aliphatic rings. The number of rotatable bonds is 7. The molecule has 2 aromatic heterocycles. The molecule has 0 saturated heterocycles. The molecule has 2 heterocycles. The van der Waals surface area contributed by atoms with Gasteiger partial charge in [0.2, 0.25) is 0 Å². The van der Waals surface area contributed by atoms with Gasteiger partial charge >= 0.3 is 12.5 Å². The first kappa shape index (κ1) is 24.5. The summed E-state index contributed by atoms with van der Waals surface area (Å²) >= 11 is 0. The highest BCUT2D eigenvalue weighted by Gasteiger charge is 2.41. The molecule has 0 aromatic carbocycles. The Hall–Kier alpha value is -3.16. The van der Waals surface area contributed by atoms with E-state index in [1.165, 1.54) is 13.1 Å². The fraction of sp³-hybridized carbons (Fsp3) is 0.579. The third kappa shape index (κ3) is 6.43. The maximum atomic E-state index is 14.8. The van der Waals surface area contributed by atoms with Gasteiger partial charge in [-0.25, -0.2) is 9.18 Å². The van der Waals surface area contributed by atoms with Crippen molar-refractivity contribution in [1.82, 2.24) is 25.3 Å². The monoisotopic (exact) mass is 476 g/mol. The molecule has 33 heavy (non-hydrogen) atoms. The standard InChI is InChI=1S/C19H24F4N6O4/c1-9(2)24-18(31)33-14-5-4-11(16(14)20)12-7-15(27-26-12)25-17(30)13-6-10(28-29(13)3)8-32-19(21,22)23/h6-7,9,11,14,16H,4-5,8H2,1-3H3,(H,24,31)(H2,25,26,27,30)/t11-,14-,16+/m1/s1. The molecule has 10 nitrogen and oxygen atoms in total. The number of aromatic nitrogens is 4. The molecule has 0 unspecified atom stereocenters. The number of amides is 2. The molecule has 0 aliphatic heterocycles. The normalized spacial score (nSPS) is 20.8. The van der Waals surface area contributed by atoms with E-state index in [0.29, 0.717) is 18.5 Å². The Morgan fingerprint density at radius 3 is 2.70 bits per heavy atom. The van der Waals surface area contributed by atoms with Crippen LogP contribution in [0.4, 0.5) is 28.2 Å². The summed E-state index contributed by atoms with van der Waals surface area (Å²) in [6.45, 7) is 2.68. The number of carbonyl (C=O) groups is 2. The van der Waals surface area contributed by atoms with Crippen molar-refractivity contribution in [2.75, 3.05) is 5.32 Å². The van der Waals surface area contributed by atoms with Crippen LogP contribution in [0.2, 0.25) is 0 Å². The van der Waals surface area contributed by atoms with Crippen LogP contribution in [-0.2, 0) is 23.1 Å². The van der Waals surface area contributed by atoms with Crippen molar-refractivity contribution in [3.05, 3.63) is 29.2 Å². The zero-order valence-corrected chi connectivity index (χ0v) is 18.1. The van der Waals surface area contributed by atoms with Gasteiger partial charge in [0.1, 0.15) is 24.6 Å². The third-order valence-corrected chi connectivity index (χ3v) is 4.95. The highest BCUT2D eigenvalue weighted by molar-refractivity contribution is 6.02. The summed E-state index contributed by atoms with van der Waals surface area (Å²) in [5.41, 5.74) is 0.313. The van der Waals surface area contributed by atoms with Crippen LogP contribution in [0.1, 0.15) is 54.5 Å². The molecule has 2 aromatic rings. The maximum Gasteiger partial charge on any atom is 0.522 e. The number of hydrogen-bond acceptors (Lipinski definition) is 6. The van der Waals surface area contributed by atoms with Crippen LogP contribution in [0, 0.1) is 0 Å². The van der Waals surface area contributed by atoms with Crippen molar-refractivity contribution >= 4 is 17.8 Å². The van der Waals surface area contributed by atoms with Crippen molar-refractivity contribution in [3.63, 3.8) is 0 Å². The van der Waals surface area contributed by atoms with E-state index in [1.807, 2.05) is 0 Å². The van der Waals surface area contributed by atoms with Crippen LogP contribution in [0.15, 0.2) is 12.1 Å². The van der Waals surface area contributed by atoms with Crippen molar-refractivity contribution in [3.8, 4) is 0 Å². The highest BCUT2D eigenvalue weighted by Crippen LogP contribution is 2.38. The summed E-state index contributed by atoms with van der Waals surface area (Å²) in [6.07, 6.45) is -7.13. The minimum Gasteiger partial charge on any atom is -0.443 e. The van der Waals surface area contributed by atoms with Gasteiger partial charge in [0.25, 0.3) is 5.91 Å². The number of aromatic amines is 1. The quantitative estimate of drug-likeness (QED) is 0.528. The lowest BCUT2D eigenvalue weighted by Gasteiger charge is -2.18. The first-order chi connectivity index (χ1) is 15.4. The SMILES string of the molecule is CC(C)NC(=O)O[C@@H]1CC[C@H](c2cc(NC(=O)c3cc(COC(F)(F)F)nn3C)n[nH]2)[C@@H]1F. The number of H-pyrrole nitrogens is 1. The number of hydrogen-bond donors (Lipinski definition) is 3. The van der Waals surface area contributed by atoms with Crippen LogP contribution in [0.3, 0.4) is 0 Å². The molecule has 2 amide bonds. The Labute approximate surface area is 186 Å². The fourth-order valence-corrected chi connectivity index (χ4v) is 3.52. The molecule has 1 fully saturated rings. The van der Waals surface area contributed by atoms with Crippen LogP contribution in [-0.4, -0.2) is 56.7 Å². The minimum absolute atomic E-state index is 0.0193. The van der Waals surface area contributed by atoms with Gasteiger partial charge in [0, 0.05) is 30.8 Å². The second kappa shape index (κ2) is 9.77. The number of carbonyl (C=O) groups excluding carboxylic acids is 2.